The molecule has 1 nitrogen and oxygen atoms in total. The highest BCUT2D eigenvalue weighted by Gasteiger charge is 2.39. The Morgan fingerprint density at radius 3 is 2.47 bits per heavy atom. The maximum atomic E-state index is 3.67. The van der Waals surface area contributed by atoms with Gasteiger partial charge >= 0.3 is 0 Å². The third kappa shape index (κ3) is 2.11. The Labute approximate surface area is 100 Å². The first-order valence-corrected chi connectivity index (χ1v) is 6.39. The van der Waals surface area contributed by atoms with Gasteiger partial charge in [-0.05, 0) is 24.0 Å². The summed E-state index contributed by atoms with van der Waals surface area (Å²) in [7, 11) is 0. The van der Waals surface area contributed by atoms with Gasteiger partial charge in [-0.1, -0.05) is 48.0 Å². The van der Waals surface area contributed by atoms with E-state index in [9.17, 15) is 0 Å². The molecule has 1 aromatic rings. The van der Waals surface area contributed by atoms with Crippen LogP contribution in [0.3, 0.4) is 0 Å². The lowest BCUT2D eigenvalue weighted by Gasteiger charge is -2.45. The van der Waals surface area contributed by atoms with E-state index in [1.807, 2.05) is 0 Å². The molecule has 1 saturated heterocycles. The smallest absolute Gasteiger partial charge is 0.0216 e. The standard InChI is InChI=1S/C13H18BrN/c1-10(2)7-13(8-15-9-13)11-5-3-4-6-12(11)14/h3-6,10,15H,7-9H2,1-2H3. The Balaban J connectivity index is 2.30. The van der Waals surface area contributed by atoms with E-state index in [2.05, 4.69) is 59.4 Å². The van der Waals surface area contributed by atoms with Gasteiger partial charge in [0.05, 0.1) is 0 Å². The second kappa shape index (κ2) is 4.26. The number of hydrogen-bond acceptors (Lipinski definition) is 1. The lowest BCUT2D eigenvalue weighted by atomic mass is 9.70. The zero-order valence-corrected chi connectivity index (χ0v) is 11.0. The van der Waals surface area contributed by atoms with Gasteiger partial charge in [-0.25, -0.2) is 0 Å². The molecule has 2 heteroatoms. The van der Waals surface area contributed by atoms with Crippen LogP contribution in [0.15, 0.2) is 28.7 Å². The van der Waals surface area contributed by atoms with Crippen molar-refractivity contribution in [1.82, 2.24) is 5.32 Å². The SMILES string of the molecule is CC(C)CC1(c2ccccc2Br)CNC1. The van der Waals surface area contributed by atoms with Crippen LogP contribution in [-0.4, -0.2) is 13.1 Å². The van der Waals surface area contributed by atoms with Crippen molar-refractivity contribution in [3.63, 3.8) is 0 Å². The summed E-state index contributed by atoms with van der Waals surface area (Å²) in [6.07, 6.45) is 1.27. The number of nitrogens with one attached hydrogen (secondary N) is 1. The quantitative estimate of drug-likeness (QED) is 0.886. The van der Waals surface area contributed by atoms with Gasteiger partial charge in [0.2, 0.25) is 0 Å². The first kappa shape index (κ1) is 11.2. The van der Waals surface area contributed by atoms with Crippen molar-refractivity contribution in [3.05, 3.63) is 34.3 Å². The molecule has 0 aliphatic carbocycles. The van der Waals surface area contributed by atoms with Crippen LogP contribution in [0.1, 0.15) is 25.8 Å². The second-order valence-electron chi connectivity index (χ2n) is 4.96. The predicted molar refractivity (Wildman–Crippen MR) is 68.1 cm³/mol. The molecule has 1 fully saturated rings. The van der Waals surface area contributed by atoms with Crippen LogP contribution in [0, 0.1) is 5.92 Å². The van der Waals surface area contributed by atoms with Gasteiger partial charge in [0.15, 0.2) is 0 Å². The van der Waals surface area contributed by atoms with Crippen molar-refractivity contribution in [1.29, 1.82) is 0 Å². The summed E-state index contributed by atoms with van der Waals surface area (Å²) in [4.78, 5) is 0. The Hall–Kier alpha value is -0.340. The fourth-order valence-corrected chi connectivity index (χ4v) is 3.25. The third-order valence-corrected chi connectivity index (χ3v) is 3.86. The minimum absolute atomic E-state index is 0.369. The lowest BCUT2D eigenvalue weighted by Crippen LogP contribution is -2.57. The molecule has 0 radical (unpaired) electrons. The van der Waals surface area contributed by atoms with Crippen LogP contribution >= 0.6 is 15.9 Å². The summed E-state index contributed by atoms with van der Waals surface area (Å²) in [5.74, 6) is 0.749. The van der Waals surface area contributed by atoms with Crippen LogP contribution in [0.2, 0.25) is 0 Å². The molecule has 1 heterocycles. The van der Waals surface area contributed by atoms with Gasteiger partial charge < -0.3 is 5.32 Å². The monoisotopic (exact) mass is 267 g/mol. The lowest BCUT2D eigenvalue weighted by molar-refractivity contribution is 0.228. The van der Waals surface area contributed by atoms with Crippen LogP contribution in [-0.2, 0) is 5.41 Å². The van der Waals surface area contributed by atoms with E-state index in [4.69, 9.17) is 0 Å². The van der Waals surface area contributed by atoms with Crippen LogP contribution in [0.5, 0.6) is 0 Å². The van der Waals surface area contributed by atoms with E-state index >= 15 is 0 Å². The van der Waals surface area contributed by atoms with Gasteiger partial charge in [-0.15, -0.1) is 0 Å². The highest BCUT2D eigenvalue weighted by Crippen LogP contribution is 2.38. The number of rotatable bonds is 3. The molecule has 1 aliphatic heterocycles. The molecule has 0 spiro atoms. The van der Waals surface area contributed by atoms with Gasteiger partial charge in [0.1, 0.15) is 0 Å². The summed E-state index contributed by atoms with van der Waals surface area (Å²) in [5, 5.41) is 3.41. The minimum atomic E-state index is 0.369. The first-order chi connectivity index (χ1) is 7.14. The van der Waals surface area contributed by atoms with Crippen LogP contribution in [0.25, 0.3) is 0 Å². The van der Waals surface area contributed by atoms with E-state index in [1.165, 1.54) is 16.5 Å². The molecule has 0 saturated carbocycles. The molecule has 0 atom stereocenters. The predicted octanol–water partition coefficient (Wildman–Crippen LogP) is 3.34. The molecular formula is C13H18BrN. The topological polar surface area (TPSA) is 12.0 Å². The zero-order chi connectivity index (χ0) is 10.9. The van der Waals surface area contributed by atoms with E-state index < -0.39 is 0 Å². The summed E-state index contributed by atoms with van der Waals surface area (Å²) in [6, 6.07) is 8.63. The maximum Gasteiger partial charge on any atom is 0.0216 e. The van der Waals surface area contributed by atoms with Crippen LogP contribution in [0.4, 0.5) is 0 Å². The van der Waals surface area contributed by atoms with Crippen molar-refractivity contribution in [2.45, 2.75) is 25.7 Å². The number of benzene rings is 1. The Morgan fingerprint density at radius 2 is 2.00 bits per heavy atom. The van der Waals surface area contributed by atoms with Gasteiger partial charge in [0.25, 0.3) is 0 Å². The van der Waals surface area contributed by atoms with E-state index in [-0.39, 0.29) is 0 Å². The van der Waals surface area contributed by atoms with E-state index in [1.54, 1.807) is 0 Å². The summed E-state index contributed by atoms with van der Waals surface area (Å²) >= 11 is 3.67. The molecule has 0 aromatic heterocycles. The van der Waals surface area contributed by atoms with Crippen molar-refractivity contribution >= 4 is 15.9 Å². The van der Waals surface area contributed by atoms with Gasteiger partial charge in [-0.2, -0.15) is 0 Å². The molecule has 0 bridgehead atoms. The molecule has 1 aliphatic rings. The second-order valence-corrected chi connectivity index (χ2v) is 5.82. The third-order valence-electron chi connectivity index (χ3n) is 3.17. The number of hydrogen-bond donors (Lipinski definition) is 1. The summed E-state index contributed by atoms with van der Waals surface area (Å²) in [5.41, 5.74) is 1.84. The first-order valence-electron chi connectivity index (χ1n) is 5.60. The van der Waals surface area contributed by atoms with Crippen molar-refractivity contribution in [2.24, 2.45) is 5.92 Å². The largest absolute Gasteiger partial charge is 0.315 e. The highest BCUT2D eigenvalue weighted by atomic mass is 79.9. The summed E-state index contributed by atoms with van der Waals surface area (Å²) in [6.45, 7) is 6.84. The maximum absolute atomic E-state index is 3.67. The molecule has 1 aromatic carbocycles. The molecule has 15 heavy (non-hydrogen) atoms. The molecule has 0 unspecified atom stereocenters. The minimum Gasteiger partial charge on any atom is -0.315 e. The average molecular weight is 268 g/mol. The van der Waals surface area contributed by atoms with Gasteiger partial charge in [-0.3, -0.25) is 0 Å². The zero-order valence-electron chi connectivity index (χ0n) is 9.39. The fourth-order valence-electron chi connectivity index (χ4n) is 2.54. The molecular weight excluding hydrogens is 250 g/mol. The van der Waals surface area contributed by atoms with Crippen molar-refractivity contribution < 1.29 is 0 Å². The van der Waals surface area contributed by atoms with Crippen LogP contribution < -0.4 is 5.32 Å². The summed E-state index contributed by atoms with van der Waals surface area (Å²) < 4.78 is 1.26. The van der Waals surface area contributed by atoms with Crippen molar-refractivity contribution in [2.75, 3.05) is 13.1 Å². The van der Waals surface area contributed by atoms with Crippen molar-refractivity contribution in [3.8, 4) is 0 Å². The Kier molecular flexibility index (Phi) is 3.17. The highest BCUT2D eigenvalue weighted by molar-refractivity contribution is 9.10. The Bertz CT molecular complexity index is 342. The average Bonchev–Trinajstić information content (AvgIpc) is 2.12. The molecule has 1 N–H and O–H groups in total. The normalized spacial score (nSPS) is 18.9. The fraction of sp³-hybridized carbons (Fsp3) is 0.538. The molecule has 2 rings (SSSR count). The Morgan fingerprint density at radius 1 is 1.33 bits per heavy atom. The van der Waals surface area contributed by atoms with E-state index in [0.717, 1.165) is 19.0 Å². The van der Waals surface area contributed by atoms with E-state index in [0.29, 0.717) is 5.41 Å². The van der Waals surface area contributed by atoms with Gasteiger partial charge in [0, 0.05) is 23.0 Å². The molecule has 82 valence electrons. The number of halogens is 1. The molecule has 0 amide bonds.